The summed E-state index contributed by atoms with van der Waals surface area (Å²) in [6.07, 6.45) is 1.28. The van der Waals surface area contributed by atoms with Gasteiger partial charge >= 0.3 is 11.9 Å². The zero-order valence-corrected chi connectivity index (χ0v) is 21.0. The van der Waals surface area contributed by atoms with Crippen molar-refractivity contribution in [3.05, 3.63) is 18.2 Å². The number of hydrogen-bond acceptors (Lipinski definition) is 9. The van der Waals surface area contributed by atoms with Gasteiger partial charge in [-0.1, -0.05) is 0 Å². The molecule has 18 nitrogen and oxygen atoms in total. The molecular weight excluding hydrogens is 520 g/mol. The fourth-order valence-electron chi connectivity index (χ4n) is 3.26. The molecule has 0 aliphatic rings. The fraction of sp³-hybridized carbons (Fsp3) is 0.524. The van der Waals surface area contributed by atoms with Crippen LogP contribution in [0.4, 0.5) is 0 Å². The van der Waals surface area contributed by atoms with E-state index in [4.69, 9.17) is 28.0 Å². The van der Waals surface area contributed by atoms with Gasteiger partial charge in [-0.15, -0.1) is 0 Å². The van der Waals surface area contributed by atoms with Crippen LogP contribution in [0.5, 0.6) is 0 Å². The highest BCUT2D eigenvalue weighted by Gasteiger charge is 2.31. The number of aliphatic imine (C=N–C) groups is 1. The van der Waals surface area contributed by atoms with Gasteiger partial charge in [0.2, 0.25) is 23.6 Å². The zero-order valence-electron chi connectivity index (χ0n) is 21.0. The molecule has 0 aliphatic heterocycles. The number of aromatic nitrogens is 2. The summed E-state index contributed by atoms with van der Waals surface area (Å²) in [5, 5.41) is 25.5. The molecule has 1 heterocycles. The number of guanidine groups is 1. The molecule has 4 unspecified atom stereocenters. The SMILES string of the molecule is NC(=O)CC(N)C(=O)NC(Cc1cnc[nH]1)C(=O)NC(CCC(=O)O)C(=O)NC(CCCN=C(N)N)C(=O)O. The highest BCUT2D eigenvalue weighted by molar-refractivity contribution is 5.95. The van der Waals surface area contributed by atoms with Crippen LogP contribution in [0.1, 0.15) is 37.8 Å². The van der Waals surface area contributed by atoms with Crippen LogP contribution in [0, 0.1) is 0 Å². The van der Waals surface area contributed by atoms with E-state index in [1.807, 2.05) is 0 Å². The van der Waals surface area contributed by atoms with Gasteiger partial charge in [0.05, 0.1) is 18.8 Å². The molecule has 0 fully saturated rings. The first-order valence-corrected chi connectivity index (χ1v) is 11.7. The molecule has 1 rings (SSSR count). The van der Waals surface area contributed by atoms with Gasteiger partial charge in [0.15, 0.2) is 5.96 Å². The van der Waals surface area contributed by atoms with Crippen molar-refractivity contribution in [3.63, 3.8) is 0 Å². The number of nitrogens with one attached hydrogen (secondary N) is 4. The van der Waals surface area contributed by atoms with Crippen molar-refractivity contribution in [2.75, 3.05) is 6.54 Å². The Balaban J connectivity index is 3.05. The smallest absolute Gasteiger partial charge is 0.326 e. The molecule has 39 heavy (non-hydrogen) atoms. The van der Waals surface area contributed by atoms with Gasteiger partial charge < -0.3 is 54.1 Å². The van der Waals surface area contributed by atoms with Crippen molar-refractivity contribution in [1.29, 1.82) is 0 Å². The molecule has 4 amide bonds. The van der Waals surface area contributed by atoms with Crippen molar-refractivity contribution in [1.82, 2.24) is 25.9 Å². The molecule has 0 spiro atoms. The second kappa shape index (κ2) is 16.2. The normalized spacial score (nSPS) is 13.7. The lowest BCUT2D eigenvalue weighted by Crippen LogP contribution is -2.58. The van der Waals surface area contributed by atoms with E-state index < -0.39 is 72.6 Å². The highest BCUT2D eigenvalue weighted by atomic mass is 16.4. The summed E-state index contributed by atoms with van der Waals surface area (Å²) >= 11 is 0. The summed E-state index contributed by atoms with van der Waals surface area (Å²) in [6, 6.07) is -5.57. The number of imidazole rings is 1. The number of amides is 4. The number of aliphatic carboxylic acids is 2. The molecule has 0 saturated heterocycles. The number of primary amides is 1. The van der Waals surface area contributed by atoms with E-state index in [-0.39, 0.29) is 38.2 Å². The molecular formula is C21H34N10O8. The van der Waals surface area contributed by atoms with Gasteiger partial charge in [-0.2, -0.15) is 0 Å². The first kappa shape index (κ1) is 32.3. The number of hydrogen-bond donors (Lipinski definition) is 10. The van der Waals surface area contributed by atoms with Crippen LogP contribution < -0.4 is 38.9 Å². The van der Waals surface area contributed by atoms with Gasteiger partial charge in [-0.05, 0) is 19.3 Å². The lowest BCUT2D eigenvalue weighted by Gasteiger charge is -2.25. The van der Waals surface area contributed by atoms with E-state index in [1.54, 1.807) is 0 Å². The number of aromatic amines is 1. The predicted molar refractivity (Wildman–Crippen MR) is 134 cm³/mol. The van der Waals surface area contributed by atoms with Crippen LogP contribution in [0.2, 0.25) is 0 Å². The number of rotatable bonds is 18. The summed E-state index contributed by atoms with van der Waals surface area (Å²) in [5.41, 5.74) is 21.6. The number of H-pyrrole nitrogens is 1. The average molecular weight is 555 g/mol. The highest BCUT2D eigenvalue weighted by Crippen LogP contribution is 2.06. The monoisotopic (exact) mass is 554 g/mol. The first-order chi connectivity index (χ1) is 18.3. The van der Waals surface area contributed by atoms with Gasteiger partial charge in [0.1, 0.15) is 18.1 Å². The molecule has 0 aliphatic carbocycles. The lowest BCUT2D eigenvalue weighted by molar-refractivity contribution is -0.143. The Hall–Kier alpha value is -4.74. The minimum absolute atomic E-state index is 0.0618. The van der Waals surface area contributed by atoms with E-state index in [1.165, 1.54) is 12.5 Å². The Morgan fingerprint density at radius 2 is 1.54 bits per heavy atom. The van der Waals surface area contributed by atoms with Gasteiger partial charge in [-0.25, -0.2) is 9.78 Å². The van der Waals surface area contributed by atoms with Crippen molar-refractivity contribution in [2.45, 2.75) is 62.7 Å². The van der Waals surface area contributed by atoms with Crippen LogP contribution >= 0.6 is 0 Å². The maximum Gasteiger partial charge on any atom is 0.326 e. The van der Waals surface area contributed by atoms with Gasteiger partial charge in [-0.3, -0.25) is 29.0 Å². The molecule has 14 N–H and O–H groups in total. The Morgan fingerprint density at radius 3 is 2.08 bits per heavy atom. The van der Waals surface area contributed by atoms with Crippen molar-refractivity contribution >= 4 is 41.5 Å². The van der Waals surface area contributed by atoms with Gasteiger partial charge in [0.25, 0.3) is 0 Å². The van der Waals surface area contributed by atoms with Crippen molar-refractivity contribution in [2.24, 2.45) is 27.9 Å². The van der Waals surface area contributed by atoms with Crippen LogP contribution in [-0.4, -0.2) is 92.4 Å². The quantitative estimate of drug-likeness (QED) is 0.0467. The number of nitrogens with two attached hydrogens (primary N) is 4. The third-order valence-electron chi connectivity index (χ3n) is 5.21. The molecule has 18 heteroatoms. The summed E-state index contributed by atoms with van der Waals surface area (Å²) < 4.78 is 0. The number of carboxylic acids is 2. The van der Waals surface area contributed by atoms with E-state index in [0.29, 0.717) is 5.69 Å². The standard InChI is InChI=1S/C21H34N10O8/c22-11(7-15(23)32)17(35)31-14(6-10-8-26-9-28-10)19(37)29-12(3-4-16(33)34)18(36)30-13(20(38)39)2-1-5-27-21(24)25/h8-9,11-14H,1-7,22H2,(H2,23,32)(H,26,28)(H,29,37)(H,30,36)(H,31,35)(H,33,34)(H,38,39)(H4,24,25,27). The fourth-order valence-corrected chi connectivity index (χ4v) is 3.26. The van der Waals surface area contributed by atoms with Crippen LogP contribution in [0.25, 0.3) is 0 Å². The Kier molecular flexibility index (Phi) is 13.4. The minimum Gasteiger partial charge on any atom is -0.481 e. The molecule has 4 atom stereocenters. The lowest BCUT2D eigenvalue weighted by atomic mass is 10.1. The maximum atomic E-state index is 13.1. The van der Waals surface area contributed by atoms with Crippen molar-refractivity contribution in [3.8, 4) is 0 Å². The van der Waals surface area contributed by atoms with Crippen LogP contribution in [0.15, 0.2) is 17.5 Å². The Labute approximate surface area is 222 Å². The zero-order chi connectivity index (χ0) is 29.5. The molecule has 1 aromatic rings. The number of carboxylic acid groups (broad SMARTS) is 2. The van der Waals surface area contributed by atoms with E-state index in [2.05, 4.69) is 30.9 Å². The topological polar surface area (TPSA) is 324 Å². The van der Waals surface area contributed by atoms with Gasteiger partial charge in [0, 0.05) is 31.3 Å². The molecule has 1 aromatic heterocycles. The maximum absolute atomic E-state index is 13.1. The largest absolute Gasteiger partial charge is 0.481 e. The van der Waals surface area contributed by atoms with Crippen LogP contribution in [-0.2, 0) is 35.2 Å². The third kappa shape index (κ3) is 12.9. The number of carbonyl (C=O) groups is 6. The predicted octanol–water partition coefficient (Wildman–Crippen LogP) is -4.39. The molecule has 0 bridgehead atoms. The average Bonchev–Trinajstić information content (AvgIpc) is 3.35. The first-order valence-electron chi connectivity index (χ1n) is 11.7. The molecule has 0 aromatic carbocycles. The second-order valence-electron chi connectivity index (χ2n) is 8.46. The Bertz CT molecular complexity index is 1040. The summed E-state index contributed by atoms with van der Waals surface area (Å²) in [7, 11) is 0. The Morgan fingerprint density at radius 1 is 0.923 bits per heavy atom. The number of carbonyl (C=O) groups excluding carboxylic acids is 4. The van der Waals surface area contributed by atoms with Crippen LogP contribution in [0.3, 0.4) is 0 Å². The second-order valence-corrected chi connectivity index (χ2v) is 8.46. The summed E-state index contributed by atoms with van der Waals surface area (Å²) in [4.78, 5) is 82.7. The van der Waals surface area contributed by atoms with E-state index in [0.717, 1.165) is 0 Å². The number of nitrogens with zero attached hydrogens (tertiary/aromatic N) is 2. The minimum atomic E-state index is -1.48. The van der Waals surface area contributed by atoms with Crippen molar-refractivity contribution < 1.29 is 39.0 Å². The molecule has 0 radical (unpaired) electrons. The summed E-state index contributed by atoms with van der Waals surface area (Å²) in [5.74, 6) is -6.42. The molecule has 0 saturated carbocycles. The van der Waals surface area contributed by atoms with E-state index >= 15 is 0 Å². The summed E-state index contributed by atoms with van der Waals surface area (Å²) in [6.45, 7) is 0.105. The third-order valence-corrected chi connectivity index (χ3v) is 5.21. The van der Waals surface area contributed by atoms with E-state index in [9.17, 15) is 33.9 Å². The molecule has 216 valence electrons.